The van der Waals surface area contributed by atoms with Crippen molar-refractivity contribution < 1.29 is 9.53 Å². The fourth-order valence-electron chi connectivity index (χ4n) is 3.16. The molecule has 1 N–H and O–H groups in total. The van der Waals surface area contributed by atoms with Crippen molar-refractivity contribution in [2.45, 2.75) is 32.9 Å². The van der Waals surface area contributed by atoms with E-state index in [0.717, 1.165) is 17.9 Å². The largest absolute Gasteiger partial charge is 0.484 e. The van der Waals surface area contributed by atoms with E-state index in [1.807, 2.05) is 37.3 Å². The Hall–Kier alpha value is -2.33. The van der Waals surface area contributed by atoms with Gasteiger partial charge in [-0.2, -0.15) is 0 Å². The van der Waals surface area contributed by atoms with E-state index in [-0.39, 0.29) is 12.5 Å². The first-order chi connectivity index (χ1) is 12.2. The summed E-state index contributed by atoms with van der Waals surface area (Å²) in [5.74, 6) is 0.627. The lowest BCUT2D eigenvalue weighted by Crippen LogP contribution is -2.29. The van der Waals surface area contributed by atoms with Gasteiger partial charge >= 0.3 is 0 Å². The highest BCUT2D eigenvalue weighted by Crippen LogP contribution is 2.16. The minimum absolute atomic E-state index is 0.0394. The highest BCUT2D eigenvalue weighted by atomic mass is 16.5. The zero-order valence-corrected chi connectivity index (χ0v) is 14.8. The predicted octanol–water partition coefficient (Wildman–Crippen LogP) is 3.29. The number of amides is 1. The molecule has 2 aromatic carbocycles. The van der Waals surface area contributed by atoms with Gasteiger partial charge in [-0.1, -0.05) is 36.4 Å². The van der Waals surface area contributed by atoms with E-state index in [9.17, 15) is 4.79 Å². The number of hydrogen-bond acceptors (Lipinski definition) is 3. The first kappa shape index (κ1) is 17.5. The maximum absolute atomic E-state index is 12.1. The maximum Gasteiger partial charge on any atom is 0.258 e. The van der Waals surface area contributed by atoms with Gasteiger partial charge in [0.15, 0.2) is 6.61 Å². The van der Waals surface area contributed by atoms with Gasteiger partial charge in [-0.25, -0.2) is 0 Å². The second-order valence-corrected chi connectivity index (χ2v) is 6.63. The fraction of sp³-hybridized carbons (Fsp3) is 0.381. The van der Waals surface area contributed by atoms with Crippen molar-refractivity contribution in [3.63, 3.8) is 0 Å². The van der Waals surface area contributed by atoms with E-state index in [1.165, 1.54) is 37.1 Å². The molecule has 2 aromatic rings. The second kappa shape index (κ2) is 8.67. The van der Waals surface area contributed by atoms with Crippen molar-refractivity contribution in [2.75, 3.05) is 19.7 Å². The van der Waals surface area contributed by atoms with Gasteiger partial charge in [-0.3, -0.25) is 9.69 Å². The molecule has 0 aromatic heterocycles. The Morgan fingerprint density at radius 3 is 2.60 bits per heavy atom. The molecule has 1 amide bonds. The summed E-state index contributed by atoms with van der Waals surface area (Å²) >= 11 is 0. The lowest BCUT2D eigenvalue weighted by Gasteiger charge is -2.17. The topological polar surface area (TPSA) is 41.6 Å². The van der Waals surface area contributed by atoms with Crippen molar-refractivity contribution in [1.82, 2.24) is 10.2 Å². The highest BCUT2D eigenvalue weighted by Gasteiger charge is 2.13. The predicted molar refractivity (Wildman–Crippen MR) is 99.5 cm³/mol. The first-order valence-corrected chi connectivity index (χ1v) is 8.96. The summed E-state index contributed by atoms with van der Waals surface area (Å²) in [7, 11) is 0. The van der Waals surface area contributed by atoms with Crippen LogP contribution < -0.4 is 10.1 Å². The van der Waals surface area contributed by atoms with Crippen LogP contribution in [0.5, 0.6) is 5.75 Å². The number of nitrogens with zero attached hydrogens (tertiary/aromatic N) is 1. The average Bonchev–Trinajstić information content (AvgIpc) is 3.12. The lowest BCUT2D eigenvalue weighted by atomic mass is 10.1. The summed E-state index contributed by atoms with van der Waals surface area (Å²) in [6.07, 6.45) is 2.57. The van der Waals surface area contributed by atoms with Crippen LogP contribution in [-0.4, -0.2) is 30.5 Å². The molecule has 1 aliphatic rings. The van der Waals surface area contributed by atoms with Crippen molar-refractivity contribution in [3.8, 4) is 5.75 Å². The zero-order chi connectivity index (χ0) is 17.5. The molecule has 0 bridgehead atoms. The monoisotopic (exact) mass is 338 g/mol. The van der Waals surface area contributed by atoms with Crippen LogP contribution in [0.15, 0.2) is 48.5 Å². The van der Waals surface area contributed by atoms with E-state index in [4.69, 9.17) is 4.74 Å². The van der Waals surface area contributed by atoms with Crippen molar-refractivity contribution >= 4 is 5.91 Å². The van der Waals surface area contributed by atoms with Gasteiger partial charge in [0.05, 0.1) is 0 Å². The molecule has 4 heteroatoms. The summed E-state index contributed by atoms with van der Waals surface area (Å²) < 4.78 is 5.55. The number of benzene rings is 2. The Morgan fingerprint density at radius 2 is 1.84 bits per heavy atom. The van der Waals surface area contributed by atoms with Crippen LogP contribution in [0.1, 0.15) is 29.5 Å². The molecule has 0 saturated carbocycles. The van der Waals surface area contributed by atoms with Crippen LogP contribution in [-0.2, 0) is 17.9 Å². The molecule has 1 heterocycles. The Morgan fingerprint density at radius 1 is 1.08 bits per heavy atom. The van der Waals surface area contributed by atoms with Crippen LogP contribution >= 0.6 is 0 Å². The van der Waals surface area contributed by atoms with Crippen molar-refractivity contribution in [3.05, 3.63) is 65.2 Å². The van der Waals surface area contributed by atoms with Gasteiger partial charge in [-0.05, 0) is 61.7 Å². The molecule has 0 unspecified atom stereocenters. The van der Waals surface area contributed by atoms with Crippen molar-refractivity contribution in [2.24, 2.45) is 0 Å². The quantitative estimate of drug-likeness (QED) is 0.842. The molecule has 1 fully saturated rings. The maximum atomic E-state index is 12.1. The van der Waals surface area contributed by atoms with Gasteiger partial charge < -0.3 is 10.1 Å². The number of carbonyl (C=O) groups is 1. The van der Waals surface area contributed by atoms with Crippen LogP contribution in [0.4, 0.5) is 0 Å². The van der Waals surface area contributed by atoms with Gasteiger partial charge in [0.1, 0.15) is 5.75 Å². The molecule has 1 saturated heterocycles. The summed E-state index contributed by atoms with van der Waals surface area (Å²) in [6, 6.07) is 16.1. The Labute approximate surface area is 149 Å². The van der Waals surface area contributed by atoms with Gasteiger partial charge in [0.25, 0.3) is 5.91 Å². The van der Waals surface area contributed by atoms with Gasteiger partial charge in [-0.15, -0.1) is 0 Å². The number of ether oxygens (including phenoxy) is 1. The fourth-order valence-corrected chi connectivity index (χ4v) is 3.16. The molecule has 1 aliphatic heterocycles. The molecule has 132 valence electrons. The van der Waals surface area contributed by atoms with E-state index in [1.54, 1.807) is 0 Å². The molecular weight excluding hydrogens is 312 g/mol. The van der Waals surface area contributed by atoms with Crippen LogP contribution in [0.25, 0.3) is 0 Å². The lowest BCUT2D eigenvalue weighted by molar-refractivity contribution is -0.123. The third-order valence-corrected chi connectivity index (χ3v) is 4.55. The van der Waals surface area contributed by atoms with E-state index in [2.05, 4.69) is 28.4 Å². The third-order valence-electron chi connectivity index (χ3n) is 4.55. The number of aryl methyl sites for hydroxylation is 1. The van der Waals surface area contributed by atoms with Crippen LogP contribution in [0.3, 0.4) is 0 Å². The SMILES string of the molecule is Cc1cccc(OCC(=O)NCc2ccccc2CN2CCCC2)c1. The summed E-state index contributed by atoms with van der Waals surface area (Å²) in [4.78, 5) is 14.6. The third kappa shape index (κ3) is 5.33. The first-order valence-electron chi connectivity index (χ1n) is 8.96. The number of nitrogens with one attached hydrogen (secondary N) is 1. The average molecular weight is 338 g/mol. The number of hydrogen-bond donors (Lipinski definition) is 1. The zero-order valence-electron chi connectivity index (χ0n) is 14.8. The van der Waals surface area contributed by atoms with E-state index in [0.29, 0.717) is 6.54 Å². The minimum atomic E-state index is -0.0996. The van der Waals surface area contributed by atoms with Gasteiger partial charge in [0.2, 0.25) is 0 Å². The smallest absolute Gasteiger partial charge is 0.258 e. The molecule has 3 rings (SSSR count). The Bertz CT molecular complexity index is 709. The molecular formula is C21H26N2O2. The standard InChI is InChI=1S/C21H26N2O2/c1-17-7-6-10-20(13-17)25-16-21(24)22-14-18-8-2-3-9-19(18)15-23-11-4-5-12-23/h2-3,6-10,13H,4-5,11-12,14-16H2,1H3,(H,22,24). The normalized spacial score (nSPS) is 14.4. The summed E-state index contributed by atoms with van der Waals surface area (Å²) in [5.41, 5.74) is 3.59. The minimum Gasteiger partial charge on any atom is -0.484 e. The summed E-state index contributed by atoms with van der Waals surface area (Å²) in [6.45, 7) is 5.89. The Balaban J connectivity index is 1.50. The number of carbonyl (C=O) groups excluding carboxylic acids is 1. The molecule has 0 aliphatic carbocycles. The number of likely N-dealkylation sites (tertiary alicyclic amines) is 1. The molecule has 0 atom stereocenters. The molecule has 25 heavy (non-hydrogen) atoms. The number of rotatable bonds is 7. The summed E-state index contributed by atoms with van der Waals surface area (Å²) in [5, 5.41) is 2.97. The van der Waals surface area contributed by atoms with Crippen LogP contribution in [0, 0.1) is 6.92 Å². The van der Waals surface area contributed by atoms with Gasteiger partial charge in [0, 0.05) is 13.1 Å². The molecule has 0 spiro atoms. The van der Waals surface area contributed by atoms with Crippen LogP contribution in [0.2, 0.25) is 0 Å². The second-order valence-electron chi connectivity index (χ2n) is 6.63. The molecule has 0 radical (unpaired) electrons. The van der Waals surface area contributed by atoms with Crippen molar-refractivity contribution in [1.29, 1.82) is 0 Å². The van der Waals surface area contributed by atoms with E-state index >= 15 is 0 Å². The molecule has 4 nitrogen and oxygen atoms in total. The van der Waals surface area contributed by atoms with E-state index < -0.39 is 0 Å². The Kier molecular flexibility index (Phi) is 6.07. The highest BCUT2D eigenvalue weighted by molar-refractivity contribution is 5.77.